The van der Waals surface area contributed by atoms with Crippen LogP contribution in [0.25, 0.3) is 48.1 Å². The number of para-hydroxylation sites is 1. The molecule has 0 saturated carbocycles. The van der Waals surface area contributed by atoms with E-state index in [0.717, 1.165) is 45.6 Å². The Morgan fingerprint density at radius 2 is 1.60 bits per heavy atom. The lowest BCUT2D eigenvalue weighted by molar-refractivity contribution is 0.0991. The molecule has 4 heteroatoms. The molecule has 2 aliphatic carbocycles. The summed E-state index contributed by atoms with van der Waals surface area (Å²) < 4.78 is 0. The van der Waals surface area contributed by atoms with Crippen molar-refractivity contribution in [1.82, 2.24) is 4.98 Å². The van der Waals surface area contributed by atoms with Crippen molar-refractivity contribution in [2.24, 2.45) is 0 Å². The van der Waals surface area contributed by atoms with Gasteiger partial charge in [0.15, 0.2) is 5.78 Å². The van der Waals surface area contributed by atoms with E-state index in [4.69, 9.17) is 5.26 Å². The van der Waals surface area contributed by atoms with Crippen LogP contribution in [-0.2, 0) is 0 Å². The minimum absolute atomic E-state index is 0.264. The van der Waals surface area contributed by atoms with Gasteiger partial charge in [0.2, 0.25) is 0 Å². The van der Waals surface area contributed by atoms with Crippen molar-refractivity contribution in [1.29, 1.82) is 5.26 Å². The summed E-state index contributed by atoms with van der Waals surface area (Å²) in [5.41, 5.74) is 8.57. The molecule has 42 heavy (non-hydrogen) atoms. The van der Waals surface area contributed by atoms with Crippen molar-refractivity contribution in [2.45, 2.75) is 19.3 Å². The molecule has 0 fully saturated rings. The summed E-state index contributed by atoms with van der Waals surface area (Å²) in [6, 6.07) is 37.4. The van der Waals surface area contributed by atoms with Gasteiger partial charge in [-0.15, -0.1) is 11.3 Å². The second kappa shape index (κ2) is 11.0. The molecule has 200 valence electrons. The quantitative estimate of drug-likeness (QED) is 0.212. The van der Waals surface area contributed by atoms with Gasteiger partial charge in [-0.1, -0.05) is 90.5 Å². The lowest BCUT2D eigenvalue weighted by Gasteiger charge is -2.24. The van der Waals surface area contributed by atoms with Gasteiger partial charge in [-0.05, 0) is 76.2 Å². The summed E-state index contributed by atoms with van der Waals surface area (Å²) >= 11 is 1.81. The summed E-state index contributed by atoms with van der Waals surface area (Å²) in [6.07, 6.45) is 8.65. The number of pyridine rings is 1. The molecule has 0 radical (unpaired) electrons. The predicted octanol–water partition coefficient (Wildman–Crippen LogP) is 10.0. The molecule has 0 amide bonds. The van der Waals surface area contributed by atoms with E-state index in [0.29, 0.717) is 12.0 Å². The van der Waals surface area contributed by atoms with Crippen LogP contribution < -0.4 is 0 Å². The van der Waals surface area contributed by atoms with Crippen LogP contribution in [0.15, 0.2) is 127 Å². The van der Waals surface area contributed by atoms with E-state index in [1.165, 1.54) is 32.0 Å². The highest BCUT2D eigenvalue weighted by molar-refractivity contribution is 7.18. The minimum Gasteiger partial charge on any atom is -0.294 e. The van der Waals surface area contributed by atoms with E-state index in [1.807, 2.05) is 47.7 Å². The average Bonchev–Trinajstić information content (AvgIpc) is 3.55. The Labute approximate surface area is 248 Å². The standard InChI is InChI=1S/C28H20OS.C10H6N2/c29-25-17-19-8-4-5-9-22(19)24-13-10-20-16-21(11-12-23(20)28(24)25)27-15-14-26(30-27)18-6-2-1-3-7-18;11-6-8-5-9-3-1-2-4-10(9)12-7-8/h1-3,5-7,9-16H,4,8,17H2;1-5,7H. The molecule has 4 aromatic carbocycles. The first kappa shape index (κ1) is 25.8. The van der Waals surface area contributed by atoms with Crippen LogP contribution in [0.3, 0.4) is 0 Å². The van der Waals surface area contributed by atoms with Gasteiger partial charge in [0.1, 0.15) is 6.07 Å². The number of hydrogen-bond acceptors (Lipinski definition) is 4. The zero-order valence-electron chi connectivity index (χ0n) is 22.9. The minimum atomic E-state index is 0.264. The van der Waals surface area contributed by atoms with Gasteiger partial charge in [0.05, 0.1) is 11.1 Å². The molecule has 2 aromatic heterocycles. The molecule has 2 heterocycles. The molecular formula is C38H26N2OS. The number of ketones is 1. The maximum absolute atomic E-state index is 13.0. The summed E-state index contributed by atoms with van der Waals surface area (Å²) in [7, 11) is 0. The zero-order valence-corrected chi connectivity index (χ0v) is 23.7. The number of aromatic nitrogens is 1. The third kappa shape index (κ3) is 4.85. The molecule has 0 spiro atoms. The second-order valence-electron chi connectivity index (χ2n) is 10.5. The number of rotatable bonds is 2. The fraction of sp³-hybridized carbons (Fsp3) is 0.0789. The van der Waals surface area contributed by atoms with Gasteiger partial charge in [-0.2, -0.15) is 5.26 Å². The normalized spacial score (nSPS) is 13.7. The number of thiophene rings is 1. The number of allylic oxidation sites excluding steroid dienone is 4. The molecule has 3 nitrogen and oxygen atoms in total. The van der Waals surface area contributed by atoms with E-state index >= 15 is 0 Å². The first-order valence-corrected chi connectivity index (χ1v) is 14.9. The van der Waals surface area contributed by atoms with Crippen molar-refractivity contribution in [2.75, 3.05) is 0 Å². The van der Waals surface area contributed by atoms with Crippen molar-refractivity contribution >= 4 is 44.4 Å². The number of nitrogens with zero attached hydrogens (tertiary/aromatic N) is 2. The van der Waals surface area contributed by atoms with Crippen LogP contribution in [0.1, 0.15) is 40.7 Å². The molecule has 0 bridgehead atoms. The largest absolute Gasteiger partial charge is 0.294 e. The van der Waals surface area contributed by atoms with Crippen LogP contribution in [0.5, 0.6) is 0 Å². The summed E-state index contributed by atoms with van der Waals surface area (Å²) in [4.78, 5) is 19.7. The number of Topliss-reactive ketones (excluding diaryl/α,β-unsaturated/α-hetero) is 1. The third-order valence-corrected chi connectivity index (χ3v) is 9.09. The maximum atomic E-state index is 13.0. The molecule has 8 rings (SSSR count). The Kier molecular flexibility index (Phi) is 6.79. The van der Waals surface area contributed by atoms with Crippen LogP contribution in [-0.4, -0.2) is 10.8 Å². The SMILES string of the molecule is N#Cc1cnc2ccccc2c1.O=C1CC2=C(C=CCC2)c2ccc3cc(-c4ccc(-c5ccccc5)s4)ccc3c21. The Bertz CT molecular complexity index is 2090. The van der Waals surface area contributed by atoms with Gasteiger partial charge in [0.25, 0.3) is 0 Å². The lowest BCUT2D eigenvalue weighted by Crippen LogP contribution is -2.13. The third-order valence-electron chi connectivity index (χ3n) is 7.91. The van der Waals surface area contributed by atoms with E-state index in [9.17, 15) is 4.79 Å². The highest BCUT2D eigenvalue weighted by atomic mass is 32.1. The Morgan fingerprint density at radius 1 is 0.786 bits per heavy atom. The van der Waals surface area contributed by atoms with Crippen LogP contribution >= 0.6 is 11.3 Å². The number of carbonyl (C=O) groups excluding carboxylic acids is 1. The van der Waals surface area contributed by atoms with Crippen LogP contribution in [0.2, 0.25) is 0 Å². The van der Waals surface area contributed by atoms with Crippen molar-refractivity contribution < 1.29 is 4.79 Å². The molecule has 0 saturated heterocycles. The first-order valence-electron chi connectivity index (χ1n) is 14.1. The smallest absolute Gasteiger partial charge is 0.168 e. The van der Waals surface area contributed by atoms with Gasteiger partial charge in [-0.25, -0.2) is 0 Å². The number of benzene rings is 4. The van der Waals surface area contributed by atoms with E-state index < -0.39 is 0 Å². The molecule has 2 aliphatic rings. The molecule has 6 aromatic rings. The Morgan fingerprint density at radius 3 is 2.45 bits per heavy atom. The molecule has 0 atom stereocenters. The van der Waals surface area contributed by atoms with Gasteiger partial charge >= 0.3 is 0 Å². The second-order valence-corrected chi connectivity index (χ2v) is 11.6. The molecule has 0 unspecified atom stereocenters. The summed E-state index contributed by atoms with van der Waals surface area (Å²) in [5.74, 6) is 0.264. The van der Waals surface area contributed by atoms with Crippen molar-refractivity contribution in [3.8, 4) is 27.0 Å². The maximum Gasteiger partial charge on any atom is 0.168 e. The number of hydrogen-bond donors (Lipinski definition) is 0. The van der Waals surface area contributed by atoms with Crippen molar-refractivity contribution in [3.63, 3.8) is 0 Å². The van der Waals surface area contributed by atoms with E-state index in [1.54, 1.807) is 6.20 Å². The topological polar surface area (TPSA) is 53.8 Å². The zero-order chi connectivity index (χ0) is 28.5. The molecule has 0 aliphatic heterocycles. The lowest BCUT2D eigenvalue weighted by atomic mass is 9.79. The number of fused-ring (bicyclic) bond motifs is 5. The Balaban J connectivity index is 0.000000201. The fourth-order valence-corrected chi connectivity index (χ4v) is 6.86. The average molecular weight is 559 g/mol. The molecule has 0 N–H and O–H groups in total. The van der Waals surface area contributed by atoms with E-state index in [-0.39, 0.29) is 5.78 Å². The summed E-state index contributed by atoms with van der Waals surface area (Å²) in [5, 5.41) is 11.8. The van der Waals surface area contributed by atoms with Gasteiger partial charge in [0, 0.05) is 33.3 Å². The Hall–Kier alpha value is -5.11. The van der Waals surface area contributed by atoms with Crippen molar-refractivity contribution in [3.05, 3.63) is 144 Å². The fourth-order valence-electron chi connectivity index (χ4n) is 5.85. The highest BCUT2D eigenvalue weighted by Crippen LogP contribution is 2.41. The predicted molar refractivity (Wildman–Crippen MR) is 173 cm³/mol. The van der Waals surface area contributed by atoms with Crippen LogP contribution in [0, 0.1) is 11.3 Å². The van der Waals surface area contributed by atoms with Gasteiger partial charge in [-0.3, -0.25) is 9.78 Å². The van der Waals surface area contributed by atoms with Crippen LogP contribution in [0.4, 0.5) is 0 Å². The van der Waals surface area contributed by atoms with Gasteiger partial charge < -0.3 is 0 Å². The monoisotopic (exact) mass is 558 g/mol. The summed E-state index contributed by atoms with van der Waals surface area (Å²) in [6.45, 7) is 0. The highest BCUT2D eigenvalue weighted by Gasteiger charge is 2.26. The number of carbonyl (C=O) groups is 1. The molecular weight excluding hydrogens is 532 g/mol. The van der Waals surface area contributed by atoms with E-state index in [2.05, 4.69) is 89.9 Å². The first-order chi connectivity index (χ1) is 20.7. The number of nitriles is 1.